The fourth-order valence-corrected chi connectivity index (χ4v) is 4.13. The first-order chi connectivity index (χ1) is 11.6. The van der Waals surface area contributed by atoms with Gasteiger partial charge in [0.25, 0.3) is 0 Å². The van der Waals surface area contributed by atoms with Gasteiger partial charge in [0.2, 0.25) is 5.91 Å². The Balaban J connectivity index is 1.72. The van der Waals surface area contributed by atoms with Gasteiger partial charge in [-0.1, -0.05) is 6.42 Å². The molecular weight excluding hydrogens is 370 g/mol. The number of anilines is 2. The third-order valence-electron chi connectivity index (χ3n) is 5.14. The molecule has 1 aliphatic heterocycles. The summed E-state index contributed by atoms with van der Waals surface area (Å²) in [5.74, 6) is 0.269. The van der Waals surface area contributed by atoms with Crippen molar-refractivity contribution in [3.63, 3.8) is 0 Å². The smallest absolute Gasteiger partial charge is 0.227 e. The van der Waals surface area contributed by atoms with Crippen molar-refractivity contribution >= 4 is 44.2 Å². The number of pyridine rings is 1. The van der Waals surface area contributed by atoms with Gasteiger partial charge in [-0.3, -0.25) is 4.79 Å². The van der Waals surface area contributed by atoms with Crippen molar-refractivity contribution in [2.75, 3.05) is 23.3 Å². The van der Waals surface area contributed by atoms with Crippen molar-refractivity contribution in [2.24, 2.45) is 11.7 Å². The number of piperidine rings is 1. The molecule has 6 nitrogen and oxygen atoms in total. The van der Waals surface area contributed by atoms with Crippen LogP contribution in [0.4, 0.5) is 11.4 Å². The highest BCUT2D eigenvalue weighted by molar-refractivity contribution is 9.10. The Labute approximate surface area is 149 Å². The molecule has 0 aromatic carbocycles. The molecule has 2 aromatic rings. The number of carbonyl (C=O) groups is 1. The number of amides is 1. The molecule has 1 saturated carbocycles. The molecule has 128 valence electrons. The number of nitrogens with one attached hydrogen (secondary N) is 2. The van der Waals surface area contributed by atoms with Crippen molar-refractivity contribution in [3.05, 3.63) is 16.9 Å². The van der Waals surface area contributed by atoms with Gasteiger partial charge in [-0.15, -0.1) is 0 Å². The van der Waals surface area contributed by atoms with Crippen LogP contribution in [0, 0.1) is 5.92 Å². The fraction of sp³-hybridized carbons (Fsp3) is 0.529. The Morgan fingerprint density at radius 2 is 2.21 bits per heavy atom. The number of halogens is 1. The van der Waals surface area contributed by atoms with Crippen LogP contribution in [0.15, 0.2) is 16.9 Å². The number of rotatable bonds is 3. The summed E-state index contributed by atoms with van der Waals surface area (Å²) in [4.78, 5) is 22.3. The van der Waals surface area contributed by atoms with Crippen molar-refractivity contribution in [1.82, 2.24) is 9.97 Å². The third-order valence-corrected chi connectivity index (χ3v) is 5.72. The second-order valence-corrected chi connectivity index (χ2v) is 7.70. The quantitative estimate of drug-likeness (QED) is 0.750. The summed E-state index contributed by atoms with van der Waals surface area (Å²) >= 11 is 3.64. The predicted molar refractivity (Wildman–Crippen MR) is 99.2 cm³/mol. The molecule has 0 spiro atoms. The molecule has 1 unspecified atom stereocenters. The number of fused-ring (bicyclic) bond motifs is 1. The van der Waals surface area contributed by atoms with Gasteiger partial charge in [0.05, 0.1) is 21.2 Å². The maximum Gasteiger partial charge on any atom is 0.227 e. The number of hydrogen-bond acceptors (Lipinski definition) is 4. The summed E-state index contributed by atoms with van der Waals surface area (Å²) in [7, 11) is 0. The van der Waals surface area contributed by atoms with E-state index in [0.717, 1.165) is 72.1 Å². The molecule has 2 aliphatic rings. The van der Waals surface area contributed by atoms with E-state index in [0.29, 0.717) is 0 Å². The zero-order valence-electron chi connectivity index (χ0n) is 13.5. The topological polar surface area (TPSA) is 87.0 Å². The van der Waals surface area contributed by atoms with Crippen LogP contribution >= 0.6 is 15.9 Å². The van der Waals surface area contributed by atoms with Crippen molar-refractivity contribution < 1.29 is 4.79 Å². The van der Waals surface area contributed by atoms with E-state index in [-0.39, 0.29) is 17.9 Å². The Kier molecular flexibility index (Phi) is 4.22. The number of H-pyrrole nitrogens is 1. The SMILES string of the molecule is NC1CCCN(c2c(Br)cnc3[nH]cc(NC(=O)C4CCC4)c23)C1. The number of nitrogens with two attached hydrogens (primary N) is 1. The van der Waals surface area contributed by atoms with E-state index < -0.39 is 0 Å². The molecule has 7 heteroatoms. The molecule has 1 saturated heterocycles. The van der Waals surface area contributed by atoms with Crippen LogP contribution in [0.1, 0.15) is 32.1 Å². The largest absolute Gasteiger partial charge is 0.368 e. The molecular formula is C17H22BrN5O. The first-order valence-corrected chi connectivity index (χ1v) is 9.39. The molecule has 4 rings (SSSR count). The van der Waals surface area contributed by atoms with E-state index in [1.807, 2.05) is 12.4 Å². The minimum atomic E-state index is 0.114. The van der Waals surface area contributed by atoms with Gasteiger partial charge in [0.1, 0.15) is 5.65 Å². The molecule has 3 heterocycles. The van der Waals surface area contributed by atoms with Crippen LogP contribution in [0.2, 0.25) is 0 Å². The van der Waals surface area contributed by atoms with Crippen LogP contribution in [-0.2, 0) is 4.79 Å². The molecule has 2 aromatic heterocycles. The number of aromatic amines is 1. The molecule has 1 aliphatic carbocycles. The second-order valence-electron chi connectivity index (χ2n) is 6.85. The lowest BCUT2D eigenvalue weighted by Gasteiger charge is -2.34. The van der Waals surface area contributed by atoms with Gasteiger partial charge in [0.15, 0.2) is 0 Å². The van der Waals surface area contributed by atoms with Crippen molar-refractivity contribution in [1.29, 1.82) is 0 Å². The fourth-order valence-electron chi connectivity index (χ4n) is 3.58. The molecule has 0 radical (unpaired) electrons. The van der Waals surface area contributed by atoms with Crippen LogP contribution in [0.3, 0.4) is 0 Å². The average molecular weight is 392 g/mol. The third kappa shape index (κ3) is 2.80. The van der Waals surface area contributed by atoms with Gasteiger partial charge < -0.3 is 20.9 Å². The van der Waals surface area contributed by atoms with Gasteiger partial charge in [0, 0.05) is 37.4 Å². The Hall–Kier alpha value is -1.60. The molecule has 24 heavy (non-hydrogen) atoms. The normalized spacial score (nSPS) is 21.8. The Morgan fingerprint density at radius 1 is 1.38 bits per heavy atom. The molecule has 2 fully saturated rings. The van der Waals surface area contributed by atoms with Gasteiger partial charge in [-0.25, -0.2) is 4.98 Å². The first-order valence-electron chi connectivity index (χ1n) is 8.60. The molecule has 4 N–H and O–H groups in total. The highest BCUT2D eigenvalue weighted by Gasteiger charge is 2.27. The van der Waals surface area contributed by atoms with E-state index in [2.05, 4.69) is 36.1 Å². The number of aromatic nitrogens is 2. The standard InChI is InChI=1S/C17H22BrN5O/c18-12-7-20-16-14(15(12)23-6-2-5-11(19)9-23)13(8-21-16)22-17(24)10-3-1-4-10/h7-8,10-11H,1-6,9,19H2,(H,20,21)(H,22,24). The monoisotopic (exact) mass is 391 g/mol. The van der Waals surface area contributed by atoms with Gasteiger partial charge >= 0.3 is 0 Å². The highest BCUT2D eigenvalue weighted by atomic mass is 79.9. The van der Waals surface area contributed by atoms with Crippen LogP contribution < -0.4 is 16.0 Å². The molecule has 0 bridgehead atoms. The summed E-state index contributed by atoms with van der Waals surface area (Å²) in [6.45, 7) is 1.78. The first kappa shape index (κ1) is 15.9. The van der Waals surface area contributed by atoms with E-state index in [4.69, 9.17) is 5.73 Å². The lowest BCUT2D eigenvalue weighted by Crippen LogP contribution is -2.43. The van der Waals surface area contributed by atoms with E-state index in [9.17, 15) is 4.79 Å². The summed E-state index contributed by atoms with van der Waals surface area (Å²) in [6.07, 6.45) is 8.91. The maximum absolute atomic E-state index is 12.4. The van der Waals surface area contributed by atoms with E-state index in [1.165, 1.54) is 0 Å². The van der Waals surface area contributed by atoms with Crippen molar-refractivity contribution in [3.8, 4) is 0 Å². The predicted octanol–water partition coefficient (Wildman–Crippen LogP) is 2.99. The molecule has 1 amide bonds. The van der Waals surface area contributed by atoms with E-state index >= 15 is 0 Å². The summed E-state index contributed by atoms with van der Waals surface area (Å²) in [6, 6.07) is 0.181. The highest BCUT2D eigenvalue weighted by Crippen LogP contribution is 2.39. The number of hydrogen-bond donors (Lipinski definition) is 3. The van der Waals surface area contributed by atoms with Crippen LogP contribution in [0.5, 0.6) is 0 Å². The lowest BCUT2D eigenvalue weighted by atomic mass is 9.85. The Bertz CT molecular complexity index is 770. The summed E-state index contributed by atoms with van der Waals surface area (Å²) in [5, 5.41) is 4.06. The van der Waals surface area contributed by atoms with E-state index in [1.54, 1.807) is 0 Å². The minimum Gasteiger partial charge on any atom is -0.368 e. The summed E-state index contributed by atoms with van der Waals surface area (Å²) in [5.41, 5.74) is 8.83. The lowest BCUT2D eigenvalue weighted by molar-refractivity contribution is -0.122. The molecule has 1 atom stereocenters. The average Bonchev–Trinajstić information content (AvgIpc) is 2.88. The minimum absolute atomic E-state index is 0.114. The summed E-state index contributed by atoms with van der Waals surface area (Å²) < 4.78 is 0.933. The zero-order chi connectivity index (χ0) is 16.7. The second kappa shape index (κ2) is 6.37. The van der Waals surface area contributed by atoms with Crippen LogP contribution in [0.25, 0.3) is 11.0 Å². The van der Waals surface area contributed by atoms with Crippen LogP contribution in [-0.4, -0.2) is 35.0 Å². The number of nitrogens with zero attached hydrogens (tertiary/aromatic N) is 2. The van der Waals surface area contributed by atoms with Crippen molar-refractivity contribution in [2.45, 2.75) is 38.1 Å². The number of carbonyl (C=O) groups excluding carboxylic acids is 1. The van der Waals surface area contributed by atoms with Gasteiger partial charge in [-0.05, 0) is 41.6 Å². The zero-order valence-corrected chi connectivity index (χ0v) is 15.1. The Morgan fingerprint density at radius 3 is 2.92 bits per heavy atom. The maximum atomic E-state index is 12.4. The van der Waals surface area contributed by atoms with Gasteiger partial charge in [-0.2, -0.15) is 0 Å².